The SMILES string of the molecule is Cc1ccc(N=Cc2ccc3c(c2)OCO3)c(C)c1. The molecule has 3 nitrogen and oxygen atoms in total. The second-order valence-electron chi connectivity index (χ2n) is 4.66. The lowest BCUT2D eigenvalue weighted by Gasteiger charge is -2.01. The fourth-order valence-electron chi connectivity index (χ4n) is 2.09. The Bertz CT molecular complexity index is 647. The van der Waals surface area contributed by atoms with Gasteiger partial charge in [-0.15, -0.1) is 0 Å². The van der Waals surface area contributed by atoms with Gasteiger partial charge in [-0.3, -0.25) is 4.99 Å². The number of fused-ring (bicyclic) bond motifs is 1. The van der Waals surface area contributed by atoms with Gasteiger partial charge in [-0.1, -0.05) is 17.7 Å². The van der Waals surface area contributed by atoms with Crippen molar-refractivity contribution in [3.05, 3.63) is 53.1 Å². The summed E-state index contributed by atoms with van der Waals surface area (Å²) in [7, 11) is 0. The molecule has 0 fully saturated rings. The van der Waals surface area contributed by atoms with Crippen molar-refractivity contribution >= 4 is 11.9 Å². The average molecular weight is 253 g/mol. The Balaban J connectivity index is 1.86. The van der Waals surface area contributed by atoms with Gasteiger partial charge >= 0.3 is 0 Å². The first-order chi connectivity index (χ1) is 9.22. The van der Waals surface area contributed by atoms with E-state index in [2.05, 4.69) is 31.0 Å². The van der Waals surface area contributed by atoms with Gasteiger partial charge in [-0.25, -0.2) is 0 Å². The highest BCUT2D eigenvalue weighted by Gasteiger charge is 2.12. The van der Waals surface area contributed by atoms with E-state index in [1.54, 1.807) is 0 Å². The molecule has 0 aromatic heterocycles. The molecule has 1 aliphatic rings. The Morgan fingerprint density at radius 1 is 1.00 bits per heavy atom. The topological polar surface area (TPSA) is 30.8 Å². The third-order valence-electron chi connectivity index (χ3n) is 3.10. The van der Waals surface area contributed by atoms with Gasteiger partial charge in [0.05, 0.1) is 5.69 Å². The molecule has 0 bridgehead atoms. The van der Waals surface area contributed by atoms with Crippen LogP contribution in [0.1, 0.15) is 16.7 Å². The molecule has 0 amide bonds. The van der Waals surface area contributed by atoms with Crippen LogP contribution in [0.4, 0.5) is 5.69 Å². The molecule has 0 N–H and O–H groups in total. The highest BCUT2D eigenvalue weighted by Crippen LogP contribution is 2.32. The number of aryl methyl sites for hydroxylation is 2. The summed E-state index contributed by atoms with van der Waals surface area (Å²) < 4.78 is 10.6. The lowest BCUT2D eigenvalue weighted by molar-refractivity contribution is 0.174. The first-order valence-corrected chi connectivity index (χ1v) is 6.23. The zero-order chi connectivity index (χ0) is 13.2. The van der Waals surface area contributed by atoms with Gasteiger partial charge < -0.3 is 9.47 Å². The van der Waals surface area contributed by atoms with Crippen LogP contribution in [0.5, 0.6) is 11.5 Å². The monoisotopic (exact) mass is 253 g/mol. The van der Waals surface area contributed by atoms with Gasteiger partial charge in [0.15, 0.2) is 11.5 Å². The van der Waals surface area contributed by atoms with E-state index in [1.165, 1.54) is 11.1 Å². The molecule has 1 aliphatic heterocycles. The minimum absolute atomic E-state index is 0.299. The van der Waals surface area contributed by atoms with E-state index in [4.69, 9.17) is 9.47 Å². The molecule has 1 heterocycles. The zero-order valence-corrected chi connectivity index (χ0v) is 11.0. The molecular weight excluding hydrogens is 238 g/mol. The van der Waals surface area contributed by atoms with Crippen LogP contribution >= 0.6 is 0 Å². The normalized spacial score (nSPS) is 13.2. The summed E-state index contributed by atoms with van der Waals surface area (Å²) in [6.45, 7) is 4.45. The molecule has 0 unspecified atom stereocenters. The third-order valence-corrected chi connectivity index (χ3v) is 3.10. The smallest absolute Gasteiger partial charge is 0.231 e. The van der Waals surface area contributed by atoms with Crippen LogP contribution in [0.15, 0.2) is 41.4 Å². The average Bonchev–Trinajstić information content (AvgIpc) is 2.85. The van der Waals surface area contributed by atoms with Gasteiger partial charge in [0.2, 0.25) is 6.79 Å². The Hall–Kier alpha value is -2.29. The van der Waals surface area contributed by atoms with E-state index < -0.39 is 0 Å². The largest absolute Gasteiger partial charge is 0.454 e. The van der Waals surface area contributed by atoms with E-state index in [9.17, 15) is 0 Å². The lowest BCUT2D eigenvalue weighted by Crippen LogP contribution is -1.92. The standard InChI is InChI=1S/C16H15NO2/c1-11-3-5-14(12(2)7-11)17-9-13-4-6-15-16(8-13)19-10-18-15/h3-9H,10H2,1-2H3. The molecule has 0 spiro atoms. The predicted molar refractivity (Wildman–Crippen MR) is 75.7 cm³/mol. The maximum absolute atomic E-state index is 5.35. The minimum Gasteiger partial charge on any atom is -0.454 e. The quantitative estimate of drug-likeness (QED) is 0.762. The highest BCUT2D eigenvalue weighted by atomic mass is 16.7. The number of hydrogen-bond donors (Lipinski definition) is 0. The van der Waals surface area contributed by atoms with Crippen molar-refractivity contribution in [2.45, 2.75) is 13.8 Å². The molecule has 0 radical (unpaired) electrons. The van der Waals surface area contributed by atoms with E-state index in [0.29, 0.717) is 6.79 Å². The van der Waals surface area contributed by atoms with Crippen LogP contribution in [-0.4, -0.2) is 13.0 Å². The third kappa shape index (κ3) is 2.45. The molecule has 0 saturated carbocycles. The van der Waals surface area contributed by atoms with Crippen LogP contribution in [-0.2, 0) is 0 Å². The van der Waals surface area contributed by atoms with Crippen molar-refractivity contribution in [3.63, 3.8) is 0 Å². The second kappa shape index (κ2) is 4.76. The van der Waals surface area contributed by atoms with Crippen LogP contribution in [0, 0.1) is 13.8 Å². The molecule has 0 saturated heterocycles. The summed E-state index contributed by atoms with van der Waals surface area (Å²) >= 11 is 0. The summed E-state index contributed by atoms with van der Waals surface area (Å²) in [4.78, 5) is 4.52. The van der Waals surface area contributed by atoms with Crippen molar-refractivity contribution in [3.8, 4) is 11.5 Å². The maximum atomic E-state index is 5.35. The van der Waals surface area contributed by atoms with Gasteiger partial charge in [0.1, 0.15) is 0 Å². The van der Waals surface area contributed by atoms with Crippen molar-refractivity contribution in [2.24, 2.45) is 4.99 Å². The molecule has 96 valence electrons. The number of ether oxygens (including phenoxy) is 2. The molecule has 19 heavy (non-hydrogen) atoms. The Morgan fingerprint density at radius 2 is 1.84 bits per heavy atom. The van der Waals surface area contributed by atoms with Gasteiger partial charge in [-0.05, 0) is 49.2 Å². The first-order valence-electron chi connectivity index (χ1n) is 6.23. The number of aliphatic imine (C=N–C) groups is 1. The van der Waals surface area contributed by atoms with Gasteiger partial charge in [0, 0.05) is 6.21 Å². The summed E-state index contributed by atoms with van der Waals surface area (Å²) in [6.07, 6.45) is 1.85. The zero-order valence-electron chi connectivity index (χ0n) is 11.0. The molecule has 0 atom stereocenters. The van der Waals surface area contributed by atoms with Crippen LogP contribution in [0.3, 0.4) is 0 Å². The summed E-state index contributed by atoms with van der Waals surface area (Å²) in [5.74, 6) is 1.58. The van der Waals surface area contributed by atoms with Gasteiger partial charge in [0.25, 0.3) is 0 Å². The first kappa shape index (κ1) is 11.8. The Labute approximate surface area is 112 Å². The number of nitrogens with zero attached hydrogens (tertiary/aromatic N) is 1. The summed E-state index contributed by atoms with van der Waals surface area (Å²) in [5.41, 5.74) is 4.42. The van der Waals surface area contributed by atoms with Crippen molar-refractivity contribution in [1.29, 1.82) is 0 Å². The summed E-state index contributed by atoms with van der Waals surface area (Å²) in [5, 5.41) is 0. The summed E-state index contributed by atoms with van der Waals surface area (Å²) in [6, 6.07) is 12.1. The molecule has 2 aromatic rings. The second-order valence-corrected chi connectivity index (χ2v) is 4.66. The fraction of sp³-hybridized carbons (Fsp3) is 0.188. The lowest BCUT2D eigenvalue weighted by atomic mass is 10.1. The van der Waals surface area contributed by atoms with Crippen LogP contribution in [0.25, 0.3) is 0 Å². The van der Waals surface area contributed by atoms with E-state index in [0.717, 1.165) is 22.7 Å². The molecule has 3 heteroatoms. The number of rotatable bonds is 2. The van der Waals surface area contributed by atoms with Crippen LogP contribution < -0.4 is 9.47 Å². The van der Waals surface area contributed by atoms with E-state index >= 15 is 0 Å². The number of benzene rings is 2. The Kier molecular flexibility index (Phi) is 2.95. The van der Waals surface area contributed by atoms with Gasteiger partial charge in [-0.2, -0.15) is 0 Å². The van der Waals surface area contributed by atoms with E-state index in [-0.39, 0.29) is 0 Å². The van der Waals surface area contributed by atoms with Crippen LogP contribution in [0.2, 0.25) is 0 Å². The molecule has 3 rings (SSSR count). The molecular formula is C16H15NO2. The van der Waals surface area contributed by atoms with E-state index in [1.807, 2.05) is 30.5 Å². The number of hydrogen-bond acceptors (Lipinski definition) is 3. The molecule has 2 aromatic carbocycles. The van der Waals surface area contributed by atoms with Crippen molar-refractivity contribution in [1.82, 2.24) is 0 Å². The predicted octanol–water partition coefficient (Wildman–Crippen LogP) is 3.78. The van der Waals surface area contributed by atoms with Crippen molar-refractivity contribution < 1.29 is 9.47 Å². The molecule has 0 aliphatic carbocycles. The fourth-order valence-corrected chi connectivity index (χ4v) is 2.09. The highest BCUT2D eigenvalue weighted by molar-refractivity contribution is 5.83. The van der Waals surface area contributed by atoms with Crippen molar-refractivity contribution in [2.75, 3.05) is 6.79 Å². The maximum Gasteiger partial charge on any atom is 0.231 e. The Morgan fingerprint density at radius 3 is 2.68 bits per heavy atom. The minimum atomic E-state index is 0.299.